The van der Waals surface area contributed by atoms with Crippen LogP contribution < -0.4 is 9.80 Å². The minimum Gasteiger partial charge on any atom is -0.310 e. The lowest BCUT2D eigenvalue weighted by Gasteiger charge is -2.33. The van der Waals surface area contributed by atoms with Crippen molar-refractivity contribution in [2.24, 2.45) is 0 Å². The molecule has 2 nitrogen and oxygen atoms in total. The largest absolute Gasteiger partial charge is 0.310 e. The van der Waals surface area contributed by atoms with E-state index in [0.717, 1.165) is 34.1 Å². The van der Waals surface area contributed by atoms with Gasteiger partial charge >= 0.3 is 0 Å². The zero-order valence-corrected chi connectivity index (χ0v) is 37.5. The smallest absolute Gasteiger partial charge is 0.0726 e. The second kappa shape index (κ2) is 15.3. The molecule has 0 saturated heterocycles. The van der Waals surface area contributed by atoms with Crippen molar-refractivity contribution in [3.63, 3.8) is 0 Å². The van der Waals surface area contributed by atoms with Crippen molar-refractivity contribution < 1.29 is 0 Å². The maximum absolute atomic E-state index is 2.51. The molecule has 0 radical (unpaired) electrons. The predicted molar refractivity (Wildman–Crippen MR) is 282 cm³/mol. The molecule has 2 aliphatic rings. The molecule has 11 aromatic carbocycles. The summed E-state index contributed by atoms with van der Waals surface area (Å²) < 4.78 is 0. The fraction of sp³-hybridized carbons (Fsp3) is 0.0462. The first-order valence-electron chi connectivity index (χ1n) is 23.3. The second-order valence-electron chi connectivity index (χ2n) is 18.2. The van der Waals surface area contributed by atoms with E-state index in [-0.39, 0.29) is 0 Å². The molecule has 316 valence electrons. The highest BCUT2D eigenvalue weighted by Crippen LogP contribution is 2.63. The van der Waals surface area contributed by atoms with Crippen LogP contribution in [-0.4, -0.2) is 0 Å². The molecule has 67 heavy (non-hydrogen) atoms. The van der Waals surface area contributed by atoms with Gasteiger partial charge < -0.3 is 9.80 Å². The summed E-state index contributed by atoms with van der Waals surface area (Å²) in [4.78, 5) is 4.84. The van der Waals surface area contributed by atoms with E-state index in [9.17, 15) is 0 Å². The number of benzene rings is 11. The standard InChI is InChI=1S/C65H46N2/c1-43-39-48(33-37-61(43)66(51-20-8-4-9-21-51)53-35-31-46(32-36-53)45-17-6-3-7-18-45)49-34-38-62(44(2)40-49)67(52-22-10-5-11-23-52)54-41-50-30-29-47-19-16-28-59-63(47)64(50)60(42-54)65(59)57-26-14-12-24-55(57)56-25-13-15-27-58(56)65/h3-42H,1-2H3. The average molecular weight is 855 g/mol. The van der Waals surface area contributed by atoms with E-state index in [1.807, 2.05) is 0 Å². The van der Waals surface area contributed by atoms with Gasteiger partial charge in [-0.05, 0) is 175 Å². The molecule has 2 heteroatoms. The number of hydrogen-bond acceptors (Lipinski definition) is 2. The normalized spacial score (nSPS) is 12.7. The molecule has 0 unspecified atom stereocenters. The molecule has 1 spiro atoms. The molecule has 0 aromatic heterocycles. The topological polar surface area (TPSA) is 6.48 Å². The highest BCUT2D eigenvalue weighted by molar-refractivity contribution is 6.18. The van der Waals surface area contributed by atoms with E-state index in [2.05, 4.69) is 266 Å². The summed E-state index contributed by atoms with van der Waals surface area (Å²) in [6, 6.07) is 89.6. The predicted octanol–water partition coefficient (Wildman–Crippen LogP) is 17.6. The first kappa shape index (κ1) is 39.0. The number of hydrogen-bond donors (Lipinski definition) is 0. The molecule has 13 rings (SSSR count). The zero-order valence-electron chi connectivity index (χ0n) is 37.5. The Hall–Kier alpha value is -8.46. The molecule has 0 fully saturated rings. The number of fused-ring (bicyclic) bond motifs is 7. The number of anilines is 6. The highest BCUT2D eigenvalue weighted by atomic mass is 15.1. The van der Waals surface area contributed by atoms with E-state index >= 15 is 0 Å². The lowest BCUT2D eigenvalue weighted by Crippen LogP contribution is -2.26. The molecule has 0 aliphatic heterocycles. The van der Waals surface area contributed by atoms with Crippen molar-refractivity contribution in [1.82, 2.24) is 0 Å². The van der Waals surface area contributed by atoms with Gasteiger partial charge in [-0.1, -0.05) is 170 Å². The summed E-state index contributed by atoms with van der Waals surface area (Å²) in [6.45, 7) is 4.49. The number of rotatable bonds is 8. The van der Waals surface area contributed by atoms with Gasteiger partial charge in [0.25, 0.3) is 0 Å². The van der Waals surface area contributed by atoms with E-state index in [1.165, 1.54) is 88.3 Å². The third kappa shape index (κ3) is 5.96. The second-order valence-corrected chi connectivity index (χ2v) is 18.2. The fourth-order valence-corrected chi connectivity index (χ4v) is 11.5. The maximum atomic E-state index is 2.51. The molecule has 0 amide bonds. The molecule has 11 aromatic rings. The van der Waals surface area contributed by atoms with Gasteiger partial charge in [0, 0.05) is 34.1 Å². The Balaban J connectivity index is 0.922. The van der Waals surface area contributed by atoms with Crippen LogP contribution in [-0.2, 0) is 5.41 Å². The Morgan fingerprint density at radius 2 is 0.731 bits per heavy atom. The lowest BCUT2D eigenvalue weighted by molar-refractivity contribution is 0.797. The highest BCUT2D eigenvalue weighted by Gasteiger charge is 2.51. The van der Waals surface area contributed by atoms with E-state index in [4.69, 9.17) is 0 Å². The minimum absolute atomic E-state index is 0.433. The monoisotopic (exact) mass is 854 g/mol. The third-order valence-electron chi connectivity index (χ3n) is 14.4. The van der Waals surface area contributed by atoms with Crippen molar-refractivity contribution >= 4 is 55.7 Å². The molecule has 0 heterocycles. The van der Waals surface area contributed by atoms with Crippen LogP contribution in [0.3, 0.4) is 0 Å². The van der Waals surface area contributed by atoms with Crippen molar-refractivity contribution in [1.29, 1.82) is 0 Å². The fourth-order valence-electron chi connectivity index (χ4n) is 11.5. The number of para-hydroxylation sites is 2. The minimum atomic E-state index is -0.433. The van der Waals surface area contributed by atoms with Crippen LogP contribution in [0.2, 0.25) is 0 Å². The van der Waals surface area contributed by atoms with Gasteiger partial charge in [-0.15, -0.1) is 0 Å². The van der Waals surface area contributed by atoms with Gasteiger partial charge in [0.2, 0.25) is 0 Å². The molecule has 2 aliphatic carbocycles. The first-order valence-corrected chi connectivity index (χ1v) is 23.3. The van der Waals surface area contributed by atoms with Crippen LogP contribution >= 0.6 is 0 Å². The molecule has 0 saturated carbocycles. The van der Waals surface area contributed by atoms with Crippen molar-refractivity contribution in [2.75, 3.05) is 9.80 Å². The van der Waals surface area contributed by atoms with Gasteiger partial charge in [0.15, 0.2) is 0 Å². The van der Waals surface area contributed by atoms with Crippen LogP contribution in [0.25, 0.3) is 54.9 Å². The van der Waals surface area contributed by atoms with Crippen LogP contribution in [0.5, 0.6) is 0 Å². The van der Waals surface area contributed by atoms with Gasteiger partial charge in [-0.3, -0.25) is 0 Å². The summed E-state index contributed by atoms with van der Waals surface area (Å²) in [6.07, 6.45) is 0. The van der Waals surface area contributed by atoms with Gasteiger partial charge in [0.1, 0.15) is 0 Å². The molecular formula is C65H46N2. The first-order chi connectivity index (χ1) is 33.1. The summed E-state index contributed by atoms with van der Waals surface area (Å²) in [5.74, 6) is 0. The van der Waals surface area contributed by atoms with Gasteiger partial charge in [0.05, 0.1) is 5.41 Å². The molecular weight excluding hydrogens is 809 g/mol. The maximum Gasteiger partial charge on any atom is 0.0726 e. The Bertz CT molecular complexity index is 3660. The van der Waals surface area contributed by atoms with Crippen molar-refractivity contribution in [2.45, 2.75) is 19.3 Å². The summed E-state index contributed by atoms with van der Waals surface area (Å²) >= 11 is 0. The summed E-state index contributed by atoms with van der Waals surface area (Å²) in [7, 11) is 0. The zero-order chi connectivity index (χ0) is 44.6. The van der Waals surface area contributed by atoms with Gasteiger partial charge in [-0.2, -0.15) is 0 Å². The Kier molecular flexibility index (Phi) is 8.91. The third-order valence-corrected chi connectivity index (χ3v) is 14.4. The van der Waals surface area contributed by atoms with Crippen LogP contribution in [0, 0.1) is 13.8 Å². The van der Waals surface area contributed by atoms with Crippen LogP contribution in [0.15, 0.2) is 243 Å². The van der Waals surface area contributed by atoms with Crippen molar-refractivity contribution in [3.8, 4) is 33.4 Å². The van der Waals surface area contributed by atoms with E-state index < -0.39 is 5.41 Å². The quantitative estimate of drug-likeness (QED) is 0.141. The average Bonchev–Trinajstić information content (AvgIpc) is 3.86. The SMILES string of the molecule is Cc1cc(-c2ccc(N(c3ccccc3)c3cc4c5c(ccc6cccc(c65)C45c4ccccc4-c4ccccc45)c3)c(C)c2)ccc1N(c1ccccc1)c1ccc(-c2ccccc2)cc1. The molecule has 0 N–H and O–H groups in total. The van der Waals surface area contributed by atoms with Gasteiger partial charge in [-0.25, -0.2) is 0 Å². The van der Waals surface area contributed by atoms with E-state index in [1.54, 1.807) is 0 Å². The lowest BCUT2D eigenvalue weighted by atomic mass is 9.70. The van der Waals surface area contributed by atoms with E-state index in [0.29, 0.717) is 0 Å². The summed E-state index contributed by atoms with van der Waals surface area (Å²) in [5.41, 5.74) is 21.7. The molecule has 0 bridgehead atoms. The Morgan fingerprint density at radius 3 is 1.31 bits per heavy atom. The van der Waals surface area contributed by atoms with Crippen LogP contribution in [0.1, 0.15) is 33.4 Å². The van der Waals surface area contributed by atoms with Crippen LogP contribution in [0.4, 0.5) is 34.1 Å². The summed E-state index contributed by atoms with van der Waals surface area (Å²) in [5, 5.41) is 5.28. The number of aryl methyl sites for hydroxylation is 2. The Morgan fingerprint density at radius 1 is 0.284 bits per heavy atom. The molecule has 0 atom stereocenters. The Labute approximate surface area is 392 Å². The number of nitrogens with zero attached hydrogens (tertiary/aromatic N) is 2. The van der Waals surface area contributed by atoms with Crippen molar-refractivity contribution in [3.05, 3.63) is 276 Å².